The lowest BCUT2D eigenvalue weighted by atomic mass is 9.73. The second-order valence-corrected chi connectivity index (χ2v) is 37.5. The van der Waals surface area contributed by atoms with Crippen molar-refractivity contribution in [2.75, 3.05) is 53.2 Å². The Hall–Kier alpha value is -15.3. The number of hydrogen-bond acceptors (Lipinski definition) is 15. The molecule has 0 spiro atoms. The van der Waals surface area contributed by atoms with Crippen molar-refractivity contribution in [1.82, 2.24) is 49.8 Å². The number of carbonyl (C=O) groups is 8. The van der Waals surface area contributed by atoms with Crippen molar-refractivity contribution in [3.63, 3.8) is 0 Å². The molecule has 27 nitrogen and oxygen atoms in total. The number of aliphatic hydroxyl groups is 1. The molecule has 4 aliphatic carbocycles. The number of carbonyl (C=O) groups excluding carboxylic acids is 8. The summed E-state index contributed by atoms with van der Waals surface area (Å²) in [6, 6.07) is 56.6. The SMILES string of the molecule is CCCCN(CCCC)C(=O)CCC(=O)Nc1cc2c(cc1C1=C(O)C(=C3C=C4C(=CC3=NC(=O)NCC(=O)N(CCCC)CCCC)N(C(C)C)C(C)C4(C)C)C1=O)C(C)(C)C(C)N2C(C)C.O=C1C(c2ccc(N(c3ccccc3)c3ccccc3)cc2NC(=O)c2ccc3[nH]c(=O)[nH]c3c2)=C([O-])/C1=C1/C=CC(=[N+](c2ccccc2)c2ccccc2)C=C1NC(=O)c1ccc2[nH]c(=O)[nH]c2c1. The second-order valence-electron chi connectivity index (χ2n) is 37.5. The fourth-order valence-corrected chi connectivity index (χ4v) is 19.1. The highest BCUT2D eigenvalue weighted by molar-refractivity contribution is 6.43. The molecule has 16 rings (SSSR count). The predicted octanol–water partition coefficient (Wildman–Crippen LogP) is 19.0. The third-order valence-electron chi connectivity index (χ3n) is 27.1. The second kappa shape index (κ2) is 41.5. The van der Waals surface area contributed by atoms with E-state index in [0.29, 0.717) is 76.5 Å². The number of rotatable bonds is 31. The summed E-state index contributed by atoms with van der Waals surface area (Å²) < 4.78 is 1.98. The number of amides is 7. The molecule has 1 saturated heterocycles. The average molecular weight is 1860 g/mol. The van der Waals surface area contributed by atoms with E-state index in [1.54, 1.807) is 65.6 Å². The van der Waals surface area contributed by atoms with Gasteiger partial charge in [0.15, 0.2) is 5.78 Å². The van der Waals surface area contributed by atoms with E-state index in [9.17, 15) is 58.2 Å². The number of fused-ring (bicyclic) bond motifs is 4. The first-order valence-corrected chi connectivity index (χ1v) is 47.9. The predicted molar refractivity (Wildman–Crippen MR) is 546 cm³/mol. The highest BCUT2D eigenvalue weighted by Gasteiger charge is 2.50. The Balaban J connectivity index is 0.000000209. The molecular weight excluding hydrogens is 1740 g/mol. The van der Waals surface area contributed by atoms with Crippen molar-refractivity contribution in [2.24, 2.45) is 10.4 Å². The fourth-order valence-electron chi connectivity index (χ4n) is 19.1. The first kappa shape index (κ1) is 97.3. The number of aromatic nitrogens is 4. The van der Waals surface area contributed by atoms with E-state index in [2.05, 4.69) is 153 Å². The van der Waals surface area contributed by atoms with E-state index in [1.807, 2.05) is 160 Å². The first-order chi connectivity index (χ1) is 66.2. The summed E-state index contributed by atoms with van der Waals surface area (Å²) in [5.74, 6) is -3.61. The molecule has 0 saturated carbocycles. The standard InChI is InChI=1S/C56H38N8O6.C55H83N7O6/c65-51-49(41-25-23-39(63(35-13-5-1-6-14-35)36-15-7-2-8-16-36)31-45(41)57-53(67)33-21-27-43-47(29-33)61-55(69)59-43)52(66)50(51)42-26-24-40(64(37-17-9-3-10-18-37)38-19-11-4-12-20-38)32-46(42)58-54(68)34-22-28-44-48(30-34)62-56(70)60-44;1-15-19-25-59(26-20-16-2)47(64)24-23-46(63)57-42-31-44-40(54(11,12)36(9)61(44)34(5)6)29-38(42)49-51(66)50(52(49)67)39-30-41-45(62(35(7)8)37(10)55(41,13)14)32-43(39)58-53(68)56-33-48(65)60(27-21-17-3)28-22-18-4/h1-32H,(H6,57,58,59,60,61,62,65,66,67,68,69,70);29-32,34-37,66H,15-28,33H2,1-14H3,(H,56,68)(H,57,63). The van der Waals surface area contributed by atoms with Gasteiger partial charge in [0.25, 0.3) is 11.8 Å². The minimum absolute atomic E-state index is 0.0289. The number of aliphatic imine (C=N–C) groups is 1. The number of nitrogens with one attached hydrogen (secondary N) is 8. The number of nitrogens with zero attached hydrogens (tertiary/aromatic N) is 7. The van der Waals surface area contributed by atoms with E-state index < -0.39 is 46.6 Å². The van der Waals surface area contributed by atoms with Crippen LogP contribution < -0.4 is 52.1 Å². The lowest BCUT2D eigenvalue weighted by Gasteiger charge is -2.34. The fraction of sp³-hybridized carbons (Fsp3) is 0.315. The van der Waals surface area contributed by atoms with Gasteiger partial charge in [0.05, 0.1) is 62.5 Å². The van der Waals surface area contributed by atoms with Crippen LogP contribution in [-0.2, 0) is 29.4 Å². The number of ketones is 2. The number of anilines is 6. The molecule has 2 unspecified atom stereocenters. The molecule has 2 aliphatic heterocycles. The molecule has 138 heavy (non-hydrogen) atoms. The van der Waals surface area contributed by atoms with Gasteiger partial charge in [0, 0.05) is 183 Å². The first-order valence-electron chi connectivity index (χ1n) is 47.9. The number of allylic oxidation sites excluding steroid dienone is 11. The van der Waals surface area contributed by atoms with E-state index >= 15 is 0 Å². The Morgan fingerprint density at radius 2 is 1.00 bits per heavy atom. The number of aromatic amines is 4. The van der Waals surface area contributed by atoms with E-state index in [-0.39, 0.29) is 140 Å². The molecule has 712 valence electrons. The number of benzene rings is 8. The molecule has 8 aromatic carbocycles. The van der Waals surface area contributed by atoms with Crippen molar-refractivity contribution in [3.05, 3.63) is 318 Å². The van der Waals surface area contributed by atoms with Crippen molar-refractivity contribution in [2.45, 2.75) is 191 Å². The summed E-state index contributed by atoms with van der Waals surface area (Å²) in [7, 11) is 0. The lowest BCUT2D eigenvalue weighted by Crippen LogP contribution is -2.42. The summed E-state index contributed by atoms with van der Waals surface area (Å²) >= 11 is 0. The van der Waals surface area contributed by atoms with Gasteiger partial charge in [-0.1, -0.05) is 166 Å². The van der Waals surface area contributed by atoms with Gasteiger partial charge in [0.1, 0.15) is 5.76 Å². The van der Waals surface area contributed by atoms with Gasteiger partial charge >= 0.3 is 17.4 Å². The third-order valence-corrected chi connectivity index (χ3v) is 27.1. The van der Waals surface area contributed by atoms with Gasteiger partial charge in [-0.05, 0) is 182 Å². The maximum Gasteiger partial charge on any atom is 0.341 e. The summed E-state index contributed by atoms with van der Waals surface area (Å²) in [5, 5.41) is 38.8. The molecular formula is C111H121N15O12. The number of unbranched alkanes of at least 4 members (excludes halogenated alkanes) is 4. The Morgan fingerprint density at radius 1 is 0.500 bits per heavy atom. The largest absolute Gasteiger partial charge is 0.871 e. The van der Waals surface area contributed by atoms with Crippen LogP contribution >= 0.6 is 0 Å². The van der Waals surface area contributed by atoms with E-state index in [4.69, 9.17) is 0 Å². The Labute approximate surface area is 803 Å². The number of Topliss-reactive ketones (excluding diaryl/α,β-unsaturated/α-hetero) is 2. The van der Waals surface area contributed by atoms with E-state index in [1.165, 1.54) is 12.1 Å². The zero-order valence-corrected chi connectivity index (χ0v) is 80.8. The highest BCUT2D eigenvalue weighted by Crippen LogP contribution is 2.55. The number of urea groups is 1. The summed E-state index contributed by atoms with van der Waals surface area (Å²) in [6.45, 7) is 32.1. The van der Waals surface area contributed by atoms with Crippen LogP contribution in [0.5, 0.6) is 0 Å². The van der Waals surface area contributed by atoms with Crippen LogP contribution in [0.15, 0.2) is 284 Å². The smallest absolute Gasteiger partial charge is 0.341 e. The average Bonchev–Trinajstić information content (AvgIpc) is 1.69. The summed E-state index contributed by atoms with van der Waals surface area (Å²) in [5.41, 5.74) is 10.8. The minimum atomic E-state index is -0.727. The third kappa shape index (κ3) is 19.9. The maximum atomic E-state index is 14.9. The molecule has 1 fully saturated rings. The topological polar surface area (TPSA) is 357 Å². The molecule has 10 aromatic rings. The number of hydrogen-bond donors (Lipinski definition) is 9. The number of para-hydroxylation sites is 4. The van der Waals surface area contributed by atoms with Gasteiger partial charge in [-0.25, -0.2) is 14.4 Å². The van der Waals surface area contributed by atoms with Gasteiger partial charge in [-0.2, -0.15) is 9.57 Å². The quantitative estimate of drug-likeness (QED) is 0.0144. The van der Waals surface area contributed by atoms with Crippen molar-refractivity contribution >= 4 is 137 Å². The van der Waals surface area contributed by atoms with Crippen molar-refractivity contribution in [1.29, 1.82) is 0 Å². The van der Waals surface area contributed by atoms with Crippen LogP contribution in [0.2, 0.25) is 0 Å². The van der Waals surface area contributed by atoms with Gasteiger partial charge in [-0.3, -0.25) is 33.6 Å². The molecule has 7 amide bonds. The van der Waals surface area contributed by atoms with E-state index in [0.717, 1.165) is 96.6 Å². The van der Waals surface area contributed by atoms with Gasteiger partial charge in [0.2, 0.25) is 40.6 Å². The minimum Gasteiger partial charge on any atom is -0.871 e. The Morgan fingerprint density at radius 3 is 1.52 bits per heavy atom. The highest BCUT2D eigenvalue weighted by atomic mass is 16.3. The number of imidazole rings is 2. The molecule has 2 aromatic heterocycles. The molecule has 4 heterocycles. The zero-order valence-electron chi connectivity index (χ0n) is 80.8. The van der Waals surface area contributed by atoms with Crippen LogP contribution in [0.1, 0.15) is 199 Å². The number of H-pyrrole nitrogens is 4. The van der Waals surface area contributed by atoms with Gasteiger partial charge < -0.3 is 75.9 Å². The molecule has 2 atom stereocenters. The molecule has 27 heteroatoms. The summed E-state index contributed by atoms with van der Waals surface area (Å²) in [6.07, 6.45) is 16.2. The zero-order chi connectivity index (χ0) is 98.3. The number of aliphatic hydroxyl groups excluding tert-OH is 1. The van der Waals surface area contributed by atoms with Crippen molar-refractivity contribution in [3.8, 4) is 0 Å². The van der Waals surface area contributed by atoms with Crippen molar-refractivity contribution < 1.29 is 48.6 Å². The molecule has 9 N–H and O–H groups in total. The normalized spacial score (nSPS) is 17.6. The maximum absolute atomic E-state index is 14.9. The lowest BCUT2D eigenvalue weighted by molar-refractivity contribution is -0.297. The van der Waals surface area contributed by atoms with Crippen LogP contribution in [0, 0.1) is 5.41 Å². The Kier molecular flexibility index (Phi) is 29.3. The Bertz CT molecular complexity index is 6830. The van der Waals surface area contributed by atoms with Crippen LogP contribution in [-0.4, -0.2) is 155 Å². The molecule has 0 radical (unpaired) electrons. The summed E-state index contributed by atoms with van der Waals surface area (Å²) in [4.78, 5) is 162. The molecule has 6 aliphatic rings. The van der Waals surface area contributed by atoms with Crippen LogP contribution in [0.25, 0.3) is 33.2 Å². The van der Waals surface area contributed by atoms with Crippen LogP contribution in [0.4, 0.5) is 50.3 Å². The monoisotopic (exact) mass is 1860 g/mol. The number of likely N-dealkylation sites (tertiary alicyclic amines) is 1. The molecule has 0 bridgehead atoms. The van der Waals surface area contributed by atoms with Crippen LogP contribution in [0.3, 0.4) is 0 Å². The van der Waals surface area contributed by atoms with Gasteiger partial charge in [-0.15, -0.1) is 0 Å².